The van der Waals surface area contributed by atoms with Gasteiger partial charge in [0, 0.05) is 11.9 Å². The molecule has 1 aromatic heterocycles. The topological polar surface area (TPSA) is 68.0 Å². The number of rotatable bonds is 2. The minimum Gasteiger partial charge on any atom is -0.399 e. The number of hydrogen-bond acceptors (Lipinski definition) is 3. The summed E-state index contributed by atoms with van der Waals surface area (Å²) in [6, 6.07) is 8.32. The van der Waals surface area contributed by atoms with E-state index in [1.165, 1.54) is 0 Å². The van der Waals surface area contributed by atoms with Crippen LogP contribution in [0.4, 0.5) is 11.4 Å². The summed E-state index contributed by atoms with van der Waals surface area (Å²) in [5.41, 5.74) is 7.87. The van der Waals surface area contributed by atoms with E-state index in [4.69, 9.17) is 17.3 Å². The van der Waals surface area contributed by atoms with E-state index in [0.29, 0.717) is 22.0 Å². The highest BCUT2D eigenvalue weighted by Gasteiger charge is 2.12. The molecule has 0 bridgehead atoms. The molecule has 0 saturated carbocycles. The molecule has 0 aliphatic carbocycles. The SMILES string of the molecule is Cc1ncccc1NC(=O)c1cc(N)ccc1Cl. The number of anilines is 2. The van der Waals surface area contributed by atoms with Crippen LogP contribution in [-0.2, 0) is 0 Å². The van der Waals surface area contributed by atoms with E-state index in [-0.39, 0.29) is 5.91 Å². The van der Waals surface area contributed by atoms with E-state index in [0.717, 1.165) is 5.69 Å². The normalized spacial score (nSPS) is 10.1. The molecule has 0 aliphatic rings. The van der Waals surface area contributed by atoms with E-state index < -0.39 is 0 Å². The van der Waals surface area contributed by atoms with Crippen molar-refractivity contribution < 1.29 is 4.79 Å². The first-order chi connectivity index (χ1) is 8.58. The van der Waals surface area contributed by atoms with Crippen molar-refractivity contribution in [1.29, 1.82) is 0 Å². The number of aryl methyl sites for hydroxylation is 1. The molecule has 0 radical (unpaired) electrons. The molecule has 0 unspecified atom stereocenters. The van der Waals surface area contributed by atoms with Gasteiger partial charge in [-0.25, -0.2) is 0 Å². The van der Waals surface area contributed by atoms with E-state index in [2.05, 4.69) is 10.3 Å². The molecule has 0 fully saturated rings. The molecule has 2 aromatic rings. The van der Waals surface area contributed by atoms with Gasteiger partial charge in [-0.1, -0.05) is 11.6 Å². The number of hydrogen-bond donors (Lipinski definition) is 2. The molecule has 1 amide bonds. The number of nitrogen functional groups attached to an aromatic ring is 1. The number of benzene rings is 1. The van der Waals surface area contributed by atoms with Crippen LogP contribution in [0.15, 0.2) is 36.5 Å². The number of nitrogens with one attached hydrogen (secondary N) is 1. The molecular weight excluding hydrogens is 250 g/mol. The van der Waals surface area contributed by atoms with Gasteiger partial charge >= 0.3 is 0 Å². The van der Waals surface area contributed by atoms with Crippen LogP contribution < -0.4 is 11.1 Å². The highest BCUT2D eigenvalue weighted by Crippen LogP contribution is 2.21. The summed E-state index contributed by atoms with van der Waals surface area (Å²) in [7, 11) is 0. The predicted octanol–water partition coefficient (Wildman–Crippen LogP) is 2.88. The molecule has 5 heteroatoms. The molecule has 0 atom stereocenters. The second kappa shape index (κ2) is 5.06. The molecule has 2 rings (SSSR count). The van der Waals surface area contributed by atoms with Crippen molar-refractivity contribution in [3.05, 3.63) is 52.8 Å². The lowest BCUT2D eigenvalue weighted by Crippen LogP contribution is -2.14. The second-order valence-electron chi connectivity index (χ2n) is 3.83. The van der Waals surface area contributed by atoms with Crippen LogP contribution in [0.1, 0.15) is 16.1 Å². The fourth-order valence-electron chi connectivity index (χ4n) is 1.52. The van der Waals surface area contributed by atoms with Crippen LogP contribution in [0.3, 0.4) is 0 Å². The Hall–Kier alpha value is -2.07. The average Bonchev–Trinajstić information content (AvgIpc) is 2.35. The highest BCUT2D eigenvalue weighted by molar-refractivity contribution is 6.34. The largest absolute Gasteiger partial charge is 0.399 e. The first-order valence-corrected chi connectivity index (χ1v) is 5.73. The standard InChI is InChI=1S/C13H12ClN3O/c1-8-12(3-2-6-16-8)17-13(18)10-7-9(15)4-5-11(10)14/h2-7H,15H2,1H3,(H,17,18). The first-order valence-electron chi connectivity index (χ1n) is 5.36. The maximum Gasteiger partial charge on any atom is 0.257 e. The summed E-state index contributed by atoms with van der Waals surface area (Å²) in [5.74, 6) is -0.302. The van der Waals surface area contributed by atoms with Gasteiger partial charge in [0.15, 0.2) is 0 Å². The van der Waals surface area contributed by atoms with Crippen LogP contribution in [0, 0.1) is 6.92 Å². The molecule has 1 heterocycles. The third-order valence-electron chi connectivity index (χ3n) is 2.49. The van der Waals surface area contributed by atoms with Crippen molar-refractivity contribution in [2.24, 2.45) is 0 Å². The van der Waals surface area contributed by atoms with Gasteiger partial charge in [-0.2, -0.15) is 0 Å². The van der Waals surface area contributed by atoms with Crippen LogP contribution >= 0.6 is 11.6 Å². The van der Waals surface area contributed by atoms with Gasteiger partial charge in [-0.05, 0) is 37.3 Å². The van der Waals surface area contributed by atoms with Crippen LogP contribution in [0.2, 0.25) is 5.02 Å². The van der Waals surface area contributed by atoms with Gasteiger partial charge in [0.05, 0.1) is 22.0 Å². The summed E-state index contributed by atoms with van der Waals surface area (Å²) in [4.78, 5) is 16.2. The van der Waals surface area contributed by atoms with Crippen LogP contribution in [-0.4, -0.2) is 10.9 Å². The van der Waals surface area contributed by atoms with Gasteiger partial charge < -0.3 is 11.1 Å². The van der Waals surface area contributed by atoms with Gasteiger partial charge in [-0.15, -0.1) is 0 Å². The Bertz CT molecular complexity index is 599. The Morgan fingerprint density at radius 2 is 2.17 bits per heavy atom. The van der Waals surface area contributed by atoms with Crippen LogP contribution in [0.25, 0.3) is 0 Å². The molecule has 18 heavy (non-hydrogen) atoms. The maximum absolute atomic E-state index is 12.1. The zero-order valence-electron chi connectivity index (χ0n) is 9.77. The van der Waals surface area contributed by atoms with Crippen molar-refractivity contribution in [2.45, 2.75) is 6.92 Å². The van der Waals surface area contributed by atoms with Gasteiger partial charge in [-0.3, -0.25) is 9.78 Å². The fraction of sp³-hybridized carbons (Fsp3) is 0.0769. The Labute approximate surface area is 110 Å². The molecule has 0 saturated heterocycles. The monoisotopic (exact) mass is 261 g/mol. The lowest BCUT2D eigenvalue weighted by atomic mass is 10.2. The summed E-state index contributed by atoms with van der Waals surface area (Å²) in [6.07, 6.45) is 1.67. The fourth-order valence-corrected chi connectivity index (χ4v) is 1.73. The zero-order valence-corrected chi connectivity index (χ0v) is 10.5. The minimum atomic E-state index is -0.302. The van der Waals surface area contributed by atoms with E-state index >= 15 is 0 Å². The number of halogens is 1. The van der Waals surface area contributed by atoms with Gasteiger partial charge in [0.2, 0.25) is 0 Å². The average molecular weight is 262 g/mol. The summed E-state index contributed by atoms with van der Waals surface area (Å²) in [5, 5.41) is 3.12. The molecule has 3 N–H and O–H groups in total. The second-order valence-corrected chi connectivity index (χ2v) is 4.24. The zero-order chi connectivity index (χ0) is 13.1. The molecule has 1 aromatic carbocycles. The Morgan fingerprint density at radius 1 is 1.39 bits per heavy atom. The summed E-state index contributed by atoms with van der Waals surface area (Å²) >= 11 is 5.97. The molecule has 0 spiro atoms. The van der Waals surface area contributed by atoms with Crippen molar-refractivity contribution in [2.75, 3.05) is 11.1 Å². The highest BCUT2D eigenvalue weighted by atomic mass is 35.5. The quantitative estimate of drug-likeness (QED) is 0.817. The third-order valence-corrected chi connectivity index (χ3v) is 2.82. The smallest absolute Gasteiger partial charge is 0.257 e. The lowest BCUT2D eigenvalue weighted by Gasteiger charge is -2.09. The van der Waals surface area contributed by atoms with Gasteiger partial charge in [0.25, 0.3) is 5.91 Å². The number of nitrogens with two attached hydrogens (primary N) is 1. The Morgan fingerprint density at radius 3 is 2.89 bits per heavy atom. The molecule has 4 nitrogen and oxygen atoms in total. The number of nitrogens with zero attached hydrogens (tertiary/aromatic N) is 1. The van der Waals surface area contributed by atoms with Crippen molar-refractivity contribution >= 4 is 28.9 Å². The van der Waals surface area contributed by atoms with E-state index in [9.17, 15) is 4.79 Å². The number of pyridine rings is 1. The lowest BCUT2D eigenvalue weighted by molar-refractivity contribution is 0.102. The molecular formula is C13H12ClN3O. The summed E-state index contributed by atoms with van der Waals surface area (Å²) in [6.45, 7) is 1.82. The van der Waals surface area contributed by atoms with Gasteiger partial charge in [0.1, 0.15) is 0 Å². The number of carbonyl (C=O) groups is 1. The van der Waals surface area contributed by atoms with E-state index in [1.807, 2.05) is 6.92 Å². The van der Waals surface area contributed by atoms with Crippen LogP contribution in [0.5, 0.6) is 0 Å². The van der Waals surface area contributed by atoms with Crippen molar-refractivity contribution in [3.8, 4) is 0 Å². The minimum absolute atomic E-state index is 0.302. The predicted molar refractivity (Wildman–Crippen MR) is 72.8 cm³/mol. The van der Waals surface area contributed by atoms with Crippen molar-refractivity contribution in [3.63, 3.8) is 0 Å². The maximum atomic E-state index is 12.1. The number of amides is 1. The number of aromatic nitrogens is 1. The number of carbonyl (C=O) groups excluding carboxylic acids is 1. The third kappa shape index (κ3) is 2.60. The summed E-state index contributed by atoms with van der Waals surface area (Å²) < 4.78 is 0. The van der Waals surface area contributed by atoms with E-state index in [1.54, 1.807) is 36.5 Å². The van der Waals surface area contributed by atoms with Crippen molar-refractivity contribution in [1.82, 2.24) is 4.98 Å². The first kappa shape index (κ1) is 12.4. The molecule has 0 aliphatic heterocycles. The molecule has 92 valence electrons. The Balaban J connectivity index is 2.28. The Kier molecular flexibility index (Phi) is 3.48.